The van der Waals surface area contributed by atoms with Crippen molar-refractivity contribution in [2.24, 2.45) is 5.73 Å². The minimum absolute atomic E-state index is 0.406. The molecule has 3 heteroatoms. The smallest absolute Gasteiger partial charge is 0.122 e. The first-order valence-electron chi connectivity index (χ1n) is 6.76. The fourth-order valence-corrected chi connectivity index (χ4v) is 2.74. The predicted molar refractivity (Wildman–Crippen MR) is 85.4 cm³/mol. The van der Waals surface area contributed by atoms with Gasteiger partial charge in [0.15, 0.2) is 0 Å². The molecular weight excluding hydrogens is 266 g/mol. The van der Waals surface area contributed by atoms with E-state index in [1.807, 2.05) is 25.1 Å². The van der Waals surface area contributed by atoms with Crippen LogP contribution in [0.3, 0.4) is 0 Å². The highest BCUT2D eigenvalue weighted by Crippen LogP contribution is 2.35. The molecular formula is C17H17NOS. The molecule has 0 heterocycles. The van der Waals surface area contributed by atoms with Crippen LogP contribution in [-0.4, -0.2) is 11.6 Å². The van der Waals surface area contributed by atoms with Crippen molar-refractivity contribution >= 4 is 17.2 Å². The lowest BCUT2D eigenvalue weighted by atomic mass is 9.78. The van der Waals surface area contributed by atoms with Crippen LogP contribution in [0.4, 0.5) is 0 Å². The molecule has 1 unspecified atom stereocenters. The van der Waals surface area contributed by atoms with Gasteiger partial charge >= 0.3 is 0 Å². The summed E-state index contributed by atoms with van der Waals surface area (Å²) in [4.78, 5) is 0.406. The third-order valence-corrected chi connectivity index (χ3v) is 4.11. The maximum absolute atomic E-state index is 5.97. The summed E-state index contributed by atoms with van der Waals surface area (Å²) < 4.78 is 5.97. The minimum atomic E-state index is 0.406. The second-order valence-electron chi connectivity index (χ2n) is 5.26. The first-order valence-corrected chi connectivity index (χ1v) is 7.17. The molecule has 0 amide bonds. The Hall–Kier alpha value is -1.87. The molecule has 0 bridgehead atoms. The van der Waals surface area contributed by atoms with Crippen LogP contribution in [0, 0.1) is 6.92 Å². The Morgan fingerprint density at radius 3 is 2.85 bits per heavy atom. The van der Waals surface area contributed by atoms with Crippen LogP contribution in [0.1, 0.15) is 28.2 Å². The van der Waals surface area contributed by atoms with E-state index in [0.717, 1.165) is 23.3 Å². The monoisotopic (exact) mass is 283 g/mol. The maximum atomic E-state index is 5.97. The Balaban J connectivity index is 1.71. The average Bonchev–Trinajstić information content (AvgIpc) is 2.41. The zero-order chi connectivity index (χ0) is 14.1. The van der Waals surface area contributed by atoms with E-state index in [1.54, 1.807) is 0 Å². The molecule has 0 fully saturated rings. The van der Waals surface area contributed by atoms with Gasteiger partial charge in [0.1, 0.15) is 10.7 Å². The fraction of sp³-hybridized carbons (Fsp3) is 0.235. The Morgan fingerprint density at radius 1 is 1.30 bits per heavy atom. The standard InChI is InChI=1S/C17H17NOS/c1-11-6-7-13(17(18)20)9-16(11)19-10-14-8-12-4-2-3-5-15(12)14/h2-7,9,14H,8,10H2,1H3,(H2,18,20). The number of hydrogen-bond donors (Lipinski definition) is 1. The zero-order valence-electron chi connectivity index (χ0n) is 11.4. The SMILES string of the molecule is Cc1ccc(C(N)=S)cc1OCC1Cc2ccccc21. The van der Waals surface area contributed by atoms with E-state index in [4.69, 9.17) is 22.7 Å². The van der Waals surface area contributed by atoms with Crippen LogP contribution in [0.25, 0.3) is 0 Å². The summed E-state index contributed by atoms with van der Waals surface area (Å²) in [6.45, 7) is 2.74. The van der Waals surface area contributed by atoms with Gasteiger partial charge < -0.3 is 10.5 Å². The van der Waals surface area contributed by atoms with Crippen LogP contribution in [0.2, 0.25) is 0 Å². The third-order valence-electron chi connectivity index (χ3n) is 3.87. The fourth-order valence-electron chi connectivity index (χ4n) is 2.61. The first-order chi connectivity index (χ1) is 9.65. The molecule has 0 aliphatic heterocycles. The maximum Gasteiger partial charge on any atom is 0.122 e. The number of benzene rings is 2. The van der Waals surface area contributed by atoms with Crippen LogP contribution in [0.15, 0.2) is 42.5 Å². The van der Waals surface area contributed by atoms with E-state index in [9.17, 15) is 0 Å². The number of ether oxygens (including phenoxy) is 1. The second kappa shape index (κ2) is 5.25. The lowest BCUT2D eigenvalue weighted by Gasteiger charge is -2.30. The summed E-state index contributed by atoms with van der Waals surface area (Å²) in [5.74, 6) is 1.37. The van der Waals surface area contributed by atoms with Gasteiger partial charge in [-0.05, 0) is 36.1 Å². The summed E-state index contributed by atoms with van der Waals surface area (Å²) in [7, 11) is 0. The Bertz CT molecular complexity index is 666. The summed E-state index contributed by atoms with van der Waals surface area (Å²) in [6, 6.07) is 14.4. The van der Waals surface area contributed by atoms with Gasteiger partial charge in [-0.15, -0.1) is 0 Å². The molecule has 0 radical (unpaired) electrons. The number of rotatable bonds is 4. The van der Waals surface area contributed by atoms with Crippen molar-refractivity contribution in [2.45, 2.75) is 19.3 Å². The van der Waals surface area contributed by atoms with E-state index < -0.39 is 0 Å². The van der Waals surface area contributed by atoms with Gasteiger partial charge in [0, 0.05) is 11.5 Å². The molecule has 2 aromatic rings. The summed E-state index contributed by atoms with van der Waals surface area (Å²) in [6.07, 6.45) is 1.10. The highest BCUT2D eigenvalue weighted by atomic mass is 32.1. The van der Waals surface area contributed by atoms with Crippen molar-refractivity contribution in [1.82, 2.24) is 0 Å². The van der Waals surface area contributed by atoms with E-state index in [-0.39, 0.29) is 0 Å². The molecule has 2 nitrogen and oxygen atoms in total. The molecule has 1 aliphatic carbocycles. The molecule has 102 valence electrons. The number of aryl methyl sites for hydroxylation is 1. The molecule has 2 N–H and O–H groups in total. The van der Waals surface area contributed by atoms with Gasteiger partial charge in [-0.2, -0.15) is 0 Å². The lowest BCUT2D eigenvalue weighted by molar-refractivity contribution is 0.273. The molecule has 3 rings (SSSR count). The van der Waals surface area contributed by atoms with Crippen LogP contribution in [-0.2, 0) is 6.42 Å². The van der Waals surface area contributed by atoms with Crippen LogP contribution >= 0.6 is 12.2 Å². The highest BCUT2D eigenvalue weighted by molar-refractivity contribution is 7.80. The van der Waals surface area contributed by atoms with Crippen molar-refractivity contribution in [1.29, 1.82) is 0 Å². The summed E-state index contributed by atoms with van der Waals surface area (Å²) in [5, 5.41) is 0. The van der Waals surface area contributed by atoms with Crippen molar-refractivity contribution < 1.29 is 4.74 Å². The Kier molecular flexibility index (Phi) is 3.45. The summed E-state index contributed by atoms with van der Waals surface area (Å²) >= 11 is 5.01. The quantitative estimate of drug-likeness (QED) is 0.874. The molecule has 0 saturated heterocycles. The molecule has 20 heavy (non-hydrogen) atoms. The van der Waals surface area contributed by atoms with Gasteiger partial charge in [0.25, 0.3) is 0 Å². The largest absolute Gasteiger partial charge is 0.493 e. The van der Waals surface area contributed by atoms with Gasteiger partial charge in [0.05, 0.1) is 6.61 Å². The second-order valence-corrected chi connectivity index (χ2v) is 5.70. The number of fused-ring (bicyclic) bond motifs is 1. The average molecular weight is 283 g/mol. The van der Waals surface area contributed by atoms with Crippen molar-refractivity contribution in [2.75, 3.05) is 6.61 Å². The number of hydrogen-bond acceptors (Lipinski definition) is 2. The third kappa shape index (κ3) is 2.41. The van der Waals surface area contributed by atoms with Crippen LogP contribution in [0.5, 0.6) is 5.75 Å². The van der Waals surface area contributed by atoms with E-state index in [1.165, 1.54) is 11.1 Å². The van der Waals surface area contributed by atoms with Crippen molar-refractivity contribution in [3.8, 4) is 5.75 Å². The van der Waals surface area contributed by atoms with Gasteiger partial charge in [-0.25, -0.2) is 0 Å². The number of thiocarbonyl (C=S) groups is 1. The van der Waals surface area contributed by atoms with Gasteiger partial charge in [0.2, 0.25) is 0 Å². The number of nitrogens with two attached hydrogens (primary N) is 1. The van der Waals surface area contributed by atoms with Crippen molar-refractivity contribution in [3.63, 3.8) is 0 Å². The molecule has 0 aromatic heterocycles. The Morgan fingerprint density at radius 2 is 2.10 bits per heavy atom. The zero-order valence-corrected chi connectivity index (χ0v) is 12.2. The highest BCUT2D eigenvalue weighted by Gasteiger charge is 2.25. The van der Waals surface area contributed by atoms with Gasteiger partial charge in [-0.3, -0.25) is 0 Å². The predicted octanol–water partition coefficient (Wildman–Crippen LogP) is 3.35. The van der Waals surface area contributed by atoms with Crippen LogP contribution < -0.4 is 10.5 Å². The van der Waals surface area contributed by atoms with E-state index in [0.29, 0.717) is 17.5 Å². The lowest BCUT2D eigenvalue weighted by Crippen LogP contribution is -2.23. The summed E-state index contributed by atoms with van der Waals surface area (Å²) in [5.41, 5.74) is 10.5. The molecule has 0 saturated carbocycles. The first kappa shape index (κ1) is 13.1. The minimum Gasteiger partial charge on any atom is -0.493 e. The topological polar surface area (TPSA) is 35.2 Å². The molecule has 1 atom stereocenters. The molecule has 2 aromatic carbocycles. The van der Waals surface area contributed by atoms with Gasteiger partial charge in [-0.1, -0.05) is 48.6 Å². The Labute approximate surface area is 124 Å². The normalized spacial score (nSPS) is 16.1. The van der Waals surface area contributed by atoms with E-state index in [2.05, 4.69) is 24.3 Å². The van der Waals surface area contributed by atoms with E-state index >= 15 is 0 Å². The molecule has 0 spiro atoms. The van der Waals surface area contributed by atoms with Crippen molar-refractivity contribution in [3.05, 3.63) is 64.7 Å². The molecule has 1 aliphatic rings.